The highest BCUT2D eigenvalue weighted by molar-refractivity contribution is 5.98. The number of nitro benzene ring substituents is 1. The Bertz CT molecular complexity index is 700. The van der Waals surface area contributed by atoms with E-state index in [1.807, 2.05) is 0 Å². The quantitative estimate of drug-likeness (QED) is 0.298. The van der Waals surface area contributed by atoms with E-state index < -0.39 is 10.9 Å². The highest BCUT2D eigenvalue weighted by atomic mass is 16.7. The first-order valence-corrected chi connectivity index (χ1v) is 5.77. The second-order valence-electron chi connectivity index (χ2n) is 3.90. The van der Waals surface area contributed by atoms with Crippen molar-refractivity contribution < 1.29 is 14.6 Å². The Morgan fingerprint density at radius 1 is 1.24 bits per heavy atom. The molecule has 0 unspecified atom stereocenters. The summed E-state index contributed by atoms with van der Waals surface area (Å²) in [6, 6.07) is 8.32. The molecule has 0 bridgehead atoms. The van der Waals surface area contributed by atoms with E-state index in [0.29, 0.717) is 5.56 Å². The van der Waals surface area contributed by atoms with Crippen LogP contribution >= 0.6 is 0 Å². The van der Waals surface area contributed by atoms with E-state index in [4.69, 9.17) is 5.73 Å². The molecule has 2 aromatic rings. The summed E-state index contributed by atoms with van der Waals surface area (Å²) in [4.78, 5) is 30.2. The van der Waals surface area contributed by atoms with Gasteiger partial charge in [0.15, 0.2) is 5.84 Å². The number of nitro groups is 1. The van der Waals surface area contributed by atoms with Crippen LogP contribution in [0.1, 0.15) is 15.9 Å². The second kappa shape index (κ2) is 6.24. The lowest BCUT2D eigenvalue weighted by Gasteiger charge is -2.01. The van der Waals surface area contributed by atoms with Crippen LogP contribution < -0.4 is 5.73 Å². The number of carbonyl (C=O) groups excluding carboxylic acids is 1. The molecule has 8 nitrogen and oxygen atoms in total. The molecule has 0 amide bonds. The van der Waals surface area contributed by atoms with Crippen LogP contribution in [0.2, 0.25) is 0 Å². The van der Waals surface area contributed by atoms with Gasteiger partial charge >= 0.3 is 5.97 Å². The molecule has 0 saturated heterocycles. The maximum Gasteiger partial charge on any atom is 0.366 e. The number of hydrogen-bond donors (Lipinski definition) is 1. The molecule has 21 heavy (non-hydrogen) atoms. The molecular formula is C13H10N4O4. The molecule has 1 aromatic heterocycles. The summed E-state index contributed by atoms with van der Waals surface area (Å²) in [5, 5.41) is 14.1. The SMILES string of the molecule is NC(=NOC(=O)c1cccc([N+](=O)[O-])c1)c1ccncc1. The Balaban J connectivity index is 2.12. The fraction of sp³-hybridized carbons (Fsp3) is 0. The number of oxime groups is 1. The number of non-ortho nitro benzene ring substituents is 1. The van der Waals surface area contributed by atoms with E-state index in [0.717, 1.165) is 6.07 Å². The lowest BCUT2D eigenvalue weighted by molar-refractivity contribution is -0.384. The zero-order valence-electron chi connectivity index (χ0n) is 10.7. The molecule has 0 aliphatic rings. The Morgan fingerprint density at radius 2 is 1.95 bits per heavy atom. The fourth-order valence-electron chi connectivity index (χ4n) is 1.47. The summed E-state index contributed by atoms with van der Waals surface area (Å²) >= 11 is 0. The number of aromatic nitrogens is 1. The lowest BCUT2D eigenvalue weighted by Crippen LogP contribution is -2.15. The molecule has 0 saturated carbocycles. The van der Waals surface area contributed by atoms with Gasteiger partial charge in [0, 0.05) is 30.1 Å². The molecule has 0 fully saturated rings. The first-order valence-electron chi connectivity index (χ1n) is 5.77. The van der Waals surface area contributed by atoms with Crippen molar-refractivity contribution in [1.82, 2.24) is 4.98 Å². The Kier molecular flexibility index (Phi) is 4.20. The van der Waals surface area contributed by atoms with E-state index in [1.54, 1.807) is 12.1 Å². The zero-order chi connectivity index (χ0) is 15.2. The monoisotopic (exact) mass is 286 g/mol. The molecule has 0 aliphatic carbocycles. The molecule has 2 rings (SSSR count). The Hall–Kier alpha value is -3.29. The van der Waals surface area contributed by atoms with Crippen molar-refractivity contribution >= 4 is 17.5 Å². The average Bonchev–Trinajstić information content (AvgIpc) is 2.53. The van der Waals surface area contributed by atoms with E-state index in [-0.39, 0.29) is 17.1 Å². The maximum absolute atomic E-state index is 11.7. The standard InChI is InChI=1S/C13H10N4O4/c14-12(9-4-6-15-7-5-9)16-21-13(18)10-2-1-3-11(8-10)17(19)20/h1-8H,(H2,14,16). The third-order valence-corrected chi connectivity index (χ3v) is 2.50. The van der Waals surface area contributed by atoms with Gasteiger partial charge in [0.1, 0.15) is 0 Å². The van der Waals surface area contributed by atoms with Crippen molar-refractivity contribution in [3.8, 4) is 0 Å². The van der Waals surface area contributed by atoms with Crippen molar-refractivity contribution in [2.24, 2.45) is 10.9 Å². The van der Waals surface area contributed by atoms with Crippen molar-refractivity contribution in [2.75, 3.05) is 0 Å². The maximum atomic E-state index is 11.7. The number of nitrogens with two attached hydrogens (primary N) is 1. The van der Waals surface area contributed by atoms with E-state index in [1.165, 1.54) is 30.6 Å². The number of rotatable bonds is 4. The summed E-state index contributed by atoms with van der Waals surface area (Å²) in [6.45, 7) is 0. The van der Waals surface area contributed by atoms with Gasteiger partial charge in [-0.15, -0.1) is 0 Å². The van der Waals surface area contributed by atoms with Crippen LogP contribution in [0, 0.1) is 10.1 Å². The third-order valence-electron chi connectivity index (χ3n) is 2.50. The van der Waals surface area contributed by atoms with Crippen molar-refractivity contribution in [1.29, 1.82) is 0 Å². The molecular weight excluding hydrogens is 276 g/mol. The Labute approximate surface area is 119 Å². The number of nitrogens with zero attached hydrogens (tertiary/aromatic N) is 3. The van der Waals surface area contributed by atoms with E-state index in [9.17, 15) is 14.9 Å². The first-order chi connectivity index (χ1) is 10.1. The third kappa shape index (κ3) is 3.60. The average molecular weight is 286 g/mol. The van der Waals surface area contributed by atoms with Gasteiger partial charge in [-0.3, -0.25) is 15.1 Å². The van der Waals surface area contributed by atoms with Crippen LogP contribution in [0.25, 0.3) is 0 Å². The summed E-state index contributed by atoms with van der Waals surface area (Å²) in [7, 11) is 0. The van der Waals surface area contributed by atoms with Crippen molar-refractivity contribution in [3.63, 3.8) is 0 Å². The van der Waals surface area contributed by atoms with Gasteiger partial charge in [0.2, 0.25) is 0 Å². The molecule has 106 valence electrons. The first kappa shape index (κ1) is 14.1. The molecule has 0 spiro atoms. The lowest BCUT2D eigenvalue weighted by atomic mass is 10.2. The van der Waals surface area contributed by atoms with Crippen molar-refractivity contribution in [3.05, 3.63) is 70.0 Å². The van der Waals surface area contributed by atoms with Crippen LogP contribution in [0.4, 0.5) is 5.69 Å². The summed E-state index contributed by atoms with van der Waals surface area (Å²) < 4.78 is 0. The largest absolute Gasteiger partial charge is 0.380 e. The number of pyridine rings is 1. The molecule has 0 aliphatic heterocycles. The van der Waals surface area contributed by atoms with Crippen LogP contribution in [0.5, 0.6) is 0 Å². The molecule has 8 heteroatoms. The summed E-state index contributed by atoms with van der Waals surface area (Å²) in [5.41, 5.74) is 5.97. The number of benzene rings is 1. The number of carbonyl (C=O) groups is 1. The van der Waals surface area contributed by atoms with Gasteiger partial charge in [-0.2, -0.15) is 0 Å². The number of hydrogen-bond acceptors (Lipinski definition) is 6. The van der Waals surface area contributed by atoms with Gasteiger partial charge in [-0.25, -0.2) is 4.79 Å². The highest BCUT2D eigenvalue weighted by Crippen LogP contribution is 2.14. The van der Waals surface area contributed by atoms with Gasteiger partial charge in [0.25, 0.3) is 5.69 Å². The van der Waals surface area contributed by atoms with E-state index in [2.05, 4.69) is 15.0 Å². The molecule has 0 atom stereocenters. The zero-order valence-corrected chi connectivity index (χ0v) is 10.7. The second-order valence-corrected chi connectivity index (χ2v) is 3.90. The Morgan fingerprint density at radius 3 is 2.62 bits per heavy atom. The van der Waals surface area contributed by atoms with Crippen LogP contribution in [0.3, 0.4) is 0 Å². The minimum absolute atomic E-state index is 0.00354. The van der Waals surface area contributed by atoms with Crippen LogP contribution in [-0.4, -0.2) is 21.7 Å². The van der Waals surface area contributed by atoms with E-state index >= 15 is 0 Å². The fourth-order valence-corrected chi connectivity index (χ4v) is 1.47. The van der Waals surface area contributed by atoms with Crippen LogP contribution in [-0.2, 0) is 4.84 Å². The predicted octanol–water partition coefficient (Wildman–Crippen LogP) is 1.47. The molecule has 1 heterocycles. The van der Waals surface area contributed by atoms with Gasteiger partial charge in [-0.1, -0.05) is 11.2 Å². The van der Waals surface area contributed by atoms with Crippen LogP contribution in [0.15, 0.2) is 53.9 Å². The van der Waals surface area contributed by atoms with Gasteiger partial charge in [-0.05, 0) is 18.2 Å². The predicted molar refractivity (Wildman–Crippen MR) is 73.5 cm³/mol. The minimum Gasteiger partial charge on any atom is -0.380 e. The van der Waals surface area contributed by atoms with Gasteiger partial charge < -0.3 is 10.6 Å². The van der Waals surface area contributed by atoms with Crippen molar-refractivity contribution in [2.45, 2.75) is 0 Å². The van der Waals surface area contributed by atoms with Gasteiger partial charge in [0.05, 0.1) is 10.5 Å². The topological polar surface area (TPSA) is 121 Å². The molecule has 0 radical (unpaired) electrons. The smallest absolute Gasteiger partial charge is 0.366 e. The summed E-state index contributed by atoms with van der Waals surface area (Å²) in [5.74, 6) is -0.841. The normalized spacial score (nSPS) is 11.0. The molecule has 1 aromatic carbocycles. The summed E-state index contributed by atoms with van der Waals surface area (Å²) in [6.07, 6.45) is 3.03. The number of amidine groups is 1. The minimum atomic E-state index is -0.837. The highest BCUT2D eigenvalue weighted by Gasteiger charge is 2.13. The molecule has 2 N–H and O–H groups in total.